The quantitative estimate of drug-likeness (QED) is 0.187. The van der Waals surface area contributed by atoms with Gasteiger partial charge in [0.1, 0.15) is 47.8 Å². The summed E-state index contributed by atoms with van der Waals surface area (Å²) < 4.78 is 12.0. The average Bonchev–Trinajstić information content (AvgIpc) is 3.27. The van der Waals surface area contributed by atoms with Gasteiger partial charge in [0.25, 0.3) is 0 Å². The minimum atomic E-state index is -1.67. The summed E-state index contributed by atoms with van der Waals surface area (Å²) in [5.41, 5.74) is 2.61. The van der Waals surface area contributed by atoms with Crippen molar-refractivity contribution in [1.29, 1.82) is 0 Å². The standard InChI is InChI=1S/C24H26N4O8/c29-10-16-20(32)21(33)22(24(34)36-16)35-11-15(30)19(31)17-18-23(26-14-9-5-4-8-13(14)25-18)28(27-17)12-6-2-1-3-7-12/h1-9,15-16,19-22,24,29-34H,10-11H2/t15?,16-,19?,20+,21+,22-,24+/m1/s1. The van der Waals surface area contributed by atoms with Crippen LogP contribution in [0.4, 0.5) is 0 Å². The molecule has 12 heteroatoms. The monoisotopic (exact) mass is 498 g/mol. The second-order valence-electron chi connectivity index (χ2n) is 8.56. The number of aromatic nitrogens is 4. The number of hydrogen-bond donors (Lipinski definition) is 6. The predicted octanol–water partition coefficient (Wildman–Crippen LogP) is -0.821. The van der Waals surface area contributed by atoms with Gasteiger partial charge in [-0.25, -0.2) is 14.6 Å². The van der Waals surface area contributed by atoms with E-state index in [2.05, 4.69) is 15.1 Å². The molecule has 6 N–H and O–H groups in total. The van der Waals surface area contributed by atoms with Crippen LogP contribution < -0.4 is 0 Å². The molecule has 3 heterocycles. The molecule has 7 atom stereocenters. The molecule has 1 saturated heterocycles. The fourth-order valence-electron chi connectivity index (χ4n) is 4.20. The number of rotatable bonds is 7. The Balaban J connectivity index is 1.44. The van der Waals surface area contributed by atoms with Crippen molar-refractivity contribution in [3.8, 4) is 5.69 Å². The van der Waals surface area contributed by atoms with Gasteiger partial charge in [0.2, 0.25) is 0 Å². The lowest BCUT2D eigenvalue weighted by Crippen LogP contribution is -2.59. The zero-order valence-corrected chi connectivity index (χ0v) is 18.9. The van der Waals surface area contributed by atoms with E-state index in [1.807, 2.05) is 48.5 Å². The molecule has 1 aliphatic rings. The van der Waals surface area contributed by atoms with Crippen LogP contribution in [0.1, 0.15) is 11.8 Å². The summed E-state index contributed by atoms with van der Waals surface area (Å²) in [6.45, 7) is -1.16. The number of hydrogen-bond acceptors (Lipinski definition) is 11. The van der Waals surface area contributed by atoms with Crippen molar-refractivity contribution in [1.82, 2.24) is 19.7 Å². The molecular formula is C24H26N4O8. The third-order valence-electron chi connectivity index (χ3n) is 6.15. The van der Waals surface area contributed by atoms with Gasteiger partial charge in [0, 0.05) is 0 Å². The lowest BCUT2D eigenvalue weighted by Gasteiger charge is -2.40. The minimum absolute atomic E-state index is 0.0598. The van der Waals surface area contributed by atoms with Gasteiger partial charge in [0.15, 0.2) is 11.9 Å². The van der Waals surface area contributed by atoms with Crippen LogP contribution in [0.25, 0.3) is 27.9 Å². The highest BCUT2D eigenvalue weighted by molar-refractivity contribution is 5.86. The molecule has 0 amide bonds. The van der Waals surface area contributed by atoms with E-state index >= 15 is 0 Å². The van der Waals surface area contributed by atoms with Crippen LogP contribution in [0.15, 0.2) is 54.6 Å². The van der Waals surface area contributed by atoms with E-state index in [1.54, 1.807) is 6.07 Å². The molecular weight excluding hydrogens is 472 g/mol. The summed E-state index contributed by atoms with van der Waals surface area (Å²) >= 11 is 0. The number of para-hydroxylation sites is 3. The molecule has 0 aliphatic carbocycles. The Bertz CT molecular complexity index is 1340. The van der Waals surface area contributed by atoms with Crippen LogP contribution in [-0.4, -0.2) is 100 Å². The topological polar surface area (TPSA) is 183 Å². The maximum absolute atomic E-state index is 11.0. The first-order valence-corrected chi connectivity index (χ1v) is 11.4. The van der Waals surface area contributed by atoms with Crippen molar-refractivity contribution in [3.05, 3.63) is 60.3 Å². The molecule has 190 valence electrons. The third-order valence-corrected chi connectivity index (χ3v) is 6.15. The summed E-state index contributed by atoms with van der Waals surface area (Å²) in [4.78, 5) is 9.28. The van der Waals surface area contributed by atoms with Gasteiger partial charge in [-0.15, -0.1) is 0 Å². The smallest absolute Gasteiger partial charge is 0.184 e. The first-order valence-electron chi connectivity index (χ1n) is 11.4. The van der Waals surface area contributed by atoms with Crippen LogP contribution in [-0.2, 0) is 9.47 Å². The molecule has 5 rings (SSSR count). The number of aliphatic hydroxyl groups is 6. The summed E-state index contributed by atoms with van der Waals surface area (Å²) in [6, 6.07) is 16.4. The first kappa shape index (κ1) is 24.6. The lowest BCUT2D eigenvalue weighted by molar-refractivity contribution is -0.299. The highest BCUT2D eigenvalue weighted by Crippen LogP contribution is 2.29. The zero-order valence-electron chi connectivity index (χ0n) is 18.9. The van der Waals surface area contributed by atoms with Gasteiger partial charge in [-0.2, -0.15) is 5.10 Å². The van der Waals surface area contributed by atoms with Crippen molar-refractivity contribution in [2.24, 2.45) is 0 Å². The van der Waals surface area contributed by atoms with Crippen LogP contribution in [0.2, 0.25) is 0 Å². The first-order chi connectivity index (χ1) is 17.4. The molecule has 0 radical (unpaired) electrons. The van der Waals surface area contributed by atoms with Gasteiger partial charge in [0.05, 0.1) is 29.9 Å². The maximum Gasteiger partial charge on any atom is 0.184 e. The maximum atomic E-state index is 11.0. The van der Waals surface area contributed by atoms with Crippen molar-refractivity contribution in [2.75, 3.05) is 13.2 Å². The molecule has 2 aromatic carbocycles. The average molecular weight is 498 g/mol. The molecule has 12 nitrogen and oxygen atoms in total. The number of fused-ring (bicyclic) bond motifs is 2. The van der Waals surface area contributed by atoms with Crippen LogP contribution >= 0.6 is 0 Å². The number of nitrogens with zero attached hydrogens (tertiary/aromatic N) is 4. The van der Waals surface area contributed by atoms with Crippen LogP contribution in [0.3, 0.4) is 0 Å². The Morgan fingerprint density at radius 1 is 0.917 bits per heavy atom. The van der Waals surface area contributed by atoms with E-state index in [1.165, 1.54) is 4.68 Å². The Labute approximate surface area is 204 Å². The number of benzene rings is 2. The summed E-state index contributed by atoms with van der Waals surface area (Å²) in [6.07, 6.45) is -10.5. The highest BCUT2D eigenvalue weighted by atomic mass is 16.7. The molecule has 0 bridgehead atoms. The SMILES string of the molecule is OC[C@H]1O[C@H](O)[C@H](OCC(O)C(O)c2nn(-c3ccccc3)c3nc4ccccc4nc23)[C@@H](O)[C@H]1O. The van der Waals surface area contributed by atoms with Crippen molar-refractivity contribution >= 4 is 22.2 Å². The second-order valence-corrected chi connectivity index (χ2v) is 8.56. The molecule has 1 fully saturated rings. The normalized spacial score (nSPS) is 26.3. The minimum Gasteiger partial charge on any atom is -0.394 e. The van der Waals surface area contributed by atoms with E-state index < -0.39 is 56.1 Å². The summed E-state index contributed by atoms with van der Waals surface area (Å²) in [5.74, 6) is 0. The number of aliphatic hydroxyl groups excluding tert-OH is 6. The van der Waals surface area contributed by atoms with Gasteiger partial charge in [-0.1, -0.05) is 30.3 Å². The molecule has 36 heavy (non-hydrogen) atoms. The molecule has 2 unspecified atom stereocenters. The number of ether oxygens (including phenoxy) is 2. The molecule has 2 aromatic heterocycles. The Morgan fingerprint density at radius 2 is 1.58 bits per heavy atom. The largest absolute Gasteiger partial charge is 0.394 e. The molecule has 0 saturated carbocycles. The van der Waals surface area contributed by atoms with E-state index in [-0.39, 0.29) is 11.2 Å². The summed E-state index contributed by atoms with van der Waals surface area (Å²) in [7, 11) is 0. The second kappa shape index (κ2) is 10.1. The fraction of sp³-hybridized carbons (Fsp3) is 0.375. The van der Waals surface area contributed by atoms with E-state index in [0.717, 1.165) is 0 Å². The van der Waals surface area contributed by atoms with Gasteiger partial charge in [-0.05, 0) is 24.3 Å². The van der Waals surface area contributed by atoms with Gasteiger partial charge in [-0.3, -0.25) is 0 Å². The van der Waals surface area contributed by atoms with Crippen molar-refractivity contribution in [2.45, 2.75) is 42.9 Å². The van der Waals surface area contributed by atoms with E-state index in [4.69, 9.17) is 9.47 Å². The van der Waals surface area contributed by atoms with Crippen molar-refractivity contribution < 1.29 is 40.1 Å². The van der Waals surface area contributed by atoms with Gasteiger partial charge >= 0.3 is 0 Å². The van der Waals surface area contributed by atoms with Gasteiger partial charge < -0.3 is 40.1 Å². The Kier molecular flexibility index (Phi) is 6.92. The van der Waals surface area contributed by atoms with E-state index in [0.29, 0.717) is 22.4 Å². The molecule has 0 spiro atoms. The lowest BCUT2D eigenvalue weighted by atomic mass is 9.99. The third kappa shape index (κ3) is 4.45. The highest BCUT2D eigenvalue weighted by Gasteiger charge is 2.44. The van der Waals surface area contributed by atoms with Crippen LogP contribution in [0, 0.1) is 0 Å². The zero-order chi connectivity index (χ0) is 25.4. The molecule has 1 aliphatic heterocycles. The Morgan fingerprint density at radius 3 is 2.28 bits per heavy atom. The molecule has 4 aromatic rings. The fourth-order valence-corrected chi connectivity index (χ4v) is 4.20. The predicted molar refractivity (Wildman–Crippen MR) is 125 cm³/mol. The van der Waals surface area contributed by atoms with Crippen molar-refractivity contribution in [3.63, 3.8) is 0 Å². The van der Waals surface area contributed by atoms with E-state index in [9.17, 15) is 30.6 Å². The van der Waals surface area contributed by atoms with Crippen LogP contribution in [0.5, 0.6) is 0 Å². The summed E-state index contributed by atoms with van der Waals surface area (Å²) in [5, 5.41) is 65.8. The Hall–Kier alpha value is -3.07.